The second kappa shape index (κ2) is 5.75. The summed E-state index contributed by atoms with van der Waals surface area (Å²) in [6, 6.07) is 7.89. The van der Waals surface area contributed by atoms with E-state index < -0.39 is 6.10 Å². The molecule has 2 atom stereocenters. The molecule has 0 spiro atoms. The van der Waals surface area contributed by atoms with Crippen LogP contribution in [0.25, 0.3) is 10.1 Å². The van der Waals surface area contributed by atoms with E-state index in [2.05, 4.69) is 0 Å². The van der Waals surface area contributed by atoms with Gasteiger partial charge in [-0.05, 0) is 19.9 Å². The number of benzene rings is 1. The molecule has 0 radical (unpaired) electrons. The topological polar surface area (TPSA) is 49.8 Å². The number of fused-ring (bicyclic) bond motifs is 1. The molecule has 5 heteroatoms. The van der Waals surface area contributed by atoms with E-state index in [1.54, 1.807) is 16.2 Å². The third-order valence-corrected chi connectivity index (χ3v) is 4.65. The molecule has 1 fully saturated rings. The first-order valence-electron chi connectivity index (χ1n) is 7.15. The largest absolute Gasteiger partial charge is 0.388 e. The van der Waals surface area contributed by atoms with Crippen LogP contribution in [0.2, 0.25) is 0 Å². The number of nitrogens with zero attached hydrogens (tertiary/aromatic N) is 1. The van der Waals surface area contributed by atoms with Crippen LogP contribution in [0.15, 0.2) is 29.6 Å². The van der Waals surface area contributed by atoms with E-state index in [4.69, 9.17) is 4.74 Å². The Hall–Kier alpha value is -1.43. The van der Waals surface area contributed by atoms with Gasteiger partial charge in [0.15, 0.2) is 0 Å². The number of carbonyl (C=O) groups is 1. The number of thiophene rings is 1. The first kappa shape index (κ1) is 14.5. The summed E-state index contributed by atoms with van der Waals surface area (Å²) in [5.74, 6) is -0.0265. The van der Waals surface area contributed by atoms with Crippen LogP contribution in [0.4, 0.5) is 0 Å². The van der Waals surface area contributed by atoms with Crippen LogP contribution in [0.5, 0.6) is 0 Å². The summed E-state index contributed by atoms with van der Waals surface area (Å²) in [6.07, 6.45) is -0.859. The zero-order chi connectivity index (χ0) is 15.0. The Balaban J connectivity index is 1.80. The van der Waals surface area contributed by atoms with Crippen molar-refractivity contribution in [3.63, 3.8) is 0 Å². The maximum atomic E-state index is 12.7. The molecule has 1 N–H and O–H groups in total. The van der Waals surface area contributed by atoms with Crippen LogP contribution >= 0.6 is 11.3 Å². The van der Waals surface area contributed by atoms with Gasteiger partial charge in [0, 0.05) is 28.6 Å². The summed E-state index contributed by atoms with van der Waals surface area (Å²) in [7, 11) is 0. The van der Waals surface area contributed by atoms with Crippen LogP contribution in [0.3, 0.4) is 0 Å². The Labute approximate surface area is 127 Å². The molecule has 3 rings (SSSR count). The maximum Gasteiger partial charge on any atom is 0.255 e. The van der Waals surface area contributed by atoms with Gasteiger partial charge >= 0.3 is 0 Å². The lowest BCUT2D eigenvalue weighted by molar-refractivity contribution is -0.0394. The molecule has 1 aromatic heterocycles. The van der Waals surface area contributed by atoms with E-state index in [9.17, 15) is 9.90 Å². The van der Waals surface area contributed by atoms with Gasteiger partial charge in [0.05, 0.1) is 17.8 Å². The molecule has 1 aliphatic heterocycles. The van der Waals surface area contributed by atoms with Gasteiger partial charge in [0.2, 0.25) is 0 Å². The van der Waals surface area contributed by atoms with E-state index in [1.807, 2.05) is 43.5 Å². The zero-order valence-corrected chi connectivity index (χ0v) is 13.0. The minimum atomic E-state index is -0.610. The number of hydrogen-bond acceptors (Lipinski definition) is 4. The van der Waals surface area contributed by atoms with Crippen LogP contribution in [0.1, 0.15) is 24.2 Å². The number of hydrogen-bond donors (Lipinski definition) is 1. The van der Waals surface area contributed by atoms with Crippen LogP contribution in [-0.2, 0) is 4.74 Å². The van der Waals surface area contributed by atoms with Gasteiger partial charge in [0.25, 0.3) is 5.91 Å². The standard InChI is InChI=1S/C16H19NO3S/c1-10(2)20-14-8-17(7-13(14)18)16(19)12-9-21-15-6-4-3-5-11(12)15/h3-6,9-10,13-14,18H,7-8H2,1-2H3/t13-,14-/m0/s1. The molecule has 4 nitrogen and oxygen atoms in total. The molecule has 2 heterocycles. The van der Waals surface area contributed by atoms with E-state index in [0.29, 0.717) is 18.7 Å². The van der Waals surface area contributed by atoms with E-state index in [0.717, 1.165) is 10.1 Å². The Morgan fingerprint density at radius 3 is 2.90 bits per heavy atom. The van der Waals surface area contributed by atoms with Gasteiger partial charge in [-0.15, -0.1) is 11.3 Å². The Morgan fingerprint density at radius 1 is 1.38 bits per heavy atom. The van der Waals surface area contributed by atoms with Crippen molar-refractivity contribution in [3.05, 3.63) is 35.2 Å². The number of carbonyl (C=O) groups excluding carboxylic acids is 1. The highest BCUT2D eigenvalue weighted by molar-refractivity contribution is 7.17. The predicted octanol–water partition coefficient (Wildman–Crippen LogP) is 2.51. The molecule has 1 aliphatic rings. The quantitative estimate of drug-likeness (QED) is 0.948. The average Bonchev–Trinajstić information content (AvgIpc) is 3.02. The van der Waals surface area contributed by atoms with E-state index in [-0.39, 0.29) is 18.1 Å². The van der Waals surface area contributed by atoms with E-state index in [1.165, 1.54) is 0 Å². The van der Waals surface area contributed by atoms with Gasteiger partial charge in [-0.1, -0.05) is 18.2 Å². The Morgan fingerprint density at radius 2 is 2.14 bits per heavy atom. The second-order valence-electron chi connectivity index (χ2n) is 5.65. The van der Waals surface area contributed by atoms with Gasteiger partial charge < -0.3 is 14.7 Å². The van der Waals surface area contributed by atoms with E-state index >= 15 is 0 Å². The number of rotatable bonds is 3. The highest BCUT2D eigenvalue weighted by atomic mass is 32.1. The monoisotopic (exact) mass is 305 g/mol. The molecule has 0 bridgehead atoms. The van der Waals surface area contributed by atoms with Gasteiger partial charge in [-0.25, -0.2) is 0 Å². The smallest absolute Gasteiger partial charge is 0.255 e. The Kier molecular flexibility index (Phi) is 3.97. The van der Waals surface area contributed by atoms with Crippen molar-refractivity contribution in [3.8, 4) is 0 Å². The highest BCUT2D eigenvalue weighted by Gasteiger charge is 2.36. The normalized spacial score (nSPS) is 22.4. The van der Waals surface area contributed by atoms with Gasteiger partial charge in [0.1, 0.15) is 6.10 Å². The third kappa shape index (κ3) is 2.81. The molecule has 1 saturated heterocycles. The molecule has 112 valence electrons. The average molecular weight is 305 g/mol. The summed E-state index contributed by atoms with van der Waals surface area (Å²) in [5.41, 5.74) is 0.716. The minimum absolute atomic E-state index is 0.0265. The predicted molar refractivity (Wildman–Crippen MR) is 83.7 cm³/mol. The molecule has 0 saturated carbocycles. The van der Waals surface area contributed by atoms with Gasteiger partial charge in [-0.2, -0.15) is 0 Å². The molecule has 0 unspecified atom stereocenters. The molecule has 0 aliphatic carbocycles. The van der Waals surface area contributed by atoms with Crippen LogP contribution in [0, 0.1) is 0 Å². The van der Waals surface area contributed by atoms with Crippen molar-refractivity contribution in [1.82, 2.24) is 4.90 Å². The first-order chi connectivity index (χ1) is 10.1. The molecular weight excluding hydrogens is 286 g/mol. The van der Waals surface area contributed by atoms with Crippen molar-refractivity contribution >= 4 is 27.3 Å². The van der Waals surface area contributed by atoms with Crippen molar-refractivity contribution in [2.75, 3.05) is 13.1 Å². The first-order valence-corrected chi connectivity index (χ1v) is 8.03. The lowest BCUT2D eigenvalue weighted by Gasteiger charge is -2.18. The summed E-state index contributed by atoms with van der Waals surface area (Å²) in [4.78, 5) is 14.4. The number of aliphatic hydroxyl groups is 1. The molecule has 21 heavy (non-hydrogen) atoms. The molecular formula is C16H19NO3S. The highest BCUT2D eigenvalue weighted by Crippen LogP contribution is 2.28. The molecule has 1 amide bonds. The van der Waals surface area contributed by atoms with Crippen molar-refractivity contribution in [2.45, 2.75) is 32.2 Å². The summed E-state index contributed by atoms with van der Waals surface area (Å²) in [5, 5.41) is 12.9. The number of likely N-dealkylation sites (tertiary alicyclic amines) is 1. The third-order valence-electron chi connectivity index (χ3n) is 3.68. The Bertz CT molecular complexity index is 652. The van der Waals surface area contributed by atoms with Crippen LogP contribution < -0.4 is 0 Å². The summed E-state index contributed by atoms with van der Waals surface area (Å²) in [6.45, 7) is 4.65. The fourth-order valence-electron chi connectivity index (χ4n) is 2.72. The molecule has 1 aromatic carbocycles. The minimum Gasteiger partial charge on any atom is -0.388 e. The lowest BCUT2D eigenvalue weighted by Crippen LogP contribution is -2.31. The van der Waals surface area contributed by atoms with Crippen molar-refractivity contribution in [2.24, 2.45) is 0 Å². The zero-order valence-electron chi connectivity index (χ0n) is 12.2. The summed E-state index contributed by atoms with van der Waals surface area (Å²) >= 11 is 1.57. The number of ether oxygens (including phenoxy) is 1. The van der Waals surface area contributed by atoms with Crippen LogP contribution in [-0.4, -0.2) is 47.3 Å². The summed E-state index contributed by atoms with van der Waals surface area (Å²) < 4.78 is 6.77. The SMILES string of the molecule is CC(C)O[C@H]1CN(C(=O)c2csc3ccccc23)C[C@@H]1O. The van der Waals surface area contributed by atoms with Crippen molar-refractivity contribution in [1.29, 1.82) is 0 Å². The fourth-order valence-corrected chi connectivity index (χ4v) is 3.65. The maximum absolute atomic E-state index is 12.7. The molecule has 2 aromatic rings. The fraction of sp³-hybridized carbons (Fsp3) is 0.438. The van der Waals surface area contributed by atoms with Crippen molar-refractivity contribution < 1.29 is 14.6 Å². The lowest BCUT2D eigenvalue weighted by atomic mass is 10.1. The number of aliphatic hydroxyl groups excluding tert-OH is 1. The number of amides is 1. The second-order valence-corrected chi connectivity index (χ2v) is 6.56. The number of β-amino-alcohol motifs (C(OH)–C–C–N with tert-alkyl or cyclic N) is 1. The van der Waals surface area contributed by atoms with Gasteiger partial charge in [-0.3, -0.25) is 4.79 Å².